The first-order valence-corrected chi connectivity index (χ1v) is 8.23. The summed E-state index contributed by atoms with van der Waals surface area (Å²) in [6.45, 7) is 0.935. The number of benzene rings is 1. The van der Waals surface area contributed by atoms with E-state index in [1.165, 1.54) is 25.7 Å². The van der Waals surface area contributed by atoms with Gasteiger partial charge in [0, 0.05) is 17.2 Å². The van der Waals surface area contributed by atoms with Crippen molar-refractivity contribution in [3.63, 3.8) is 0 Å². The van der Waals surface area contributed by atoms with E-state index in [0.717, 1.165) is 33.4 Å². The van der Waals surface area contributed by atoms with Crippen molar-refractivity contribution in [3.05, 3.63) is 33.4 Å². The Kier molecular flexibility index (Phi) is 3.83. The monoisotopic (exact) mass is 369 g/mol. The van der Waals surface area contributed by atoms with E-state index >= 15 is 0 Å². The minimum absolute atomic E-state index is 0.174. The molecule has 0 spiro atoms. The summed E-state index contributed by atoms with van der Waals surface area (Å²) >= 11 is 2.24. The van der Waals surface area contributed by atoms with Crippen molar-refractivity contribution in [3.8, 4) is 0 Å². The predicted octanol–water partition coefficient (Wildman–Crippen LogP) is 3.80. The molecule has 19 heavy (non-hydrogen) atoms. The normalized spacial score (nSPS) is 28.6. The lowest BCUT2D eigenvalue weighted by atomic mass is 9.88. The third kappa shape index (κ3) is 2.67. The van der Waals surface area contributed by atoms with Gasteiger partial charge in [-0.1, -0.05) is 18.6 Å². The lowest BCUT2D eigenvalue weighted by molar-refractivity contribution is 0.0753. The highest BCUT2D eigenvalue weighted by Gasteiger charge is 2.40. The Morgan fingerprint density at radius 1 is 1.32 bits per heavy atom. The van der Waals surface area contributed by atoms with Crippen molar-refractivity contribution in [2.75, 3.05) is 13.6 Å². The van der Waals surface area contributed by atoms with Gasteiger partial charge in [-0.05, 0) is 71.7 Å². The average Bonchev–Trinajstić information content (AvgIpc) is 3.00. The standard InChI is InChI=1S/C16H20INO/c1-18(10-13-9-11-6-7-12(13)8-11)16(19)14-4-2-3-5-15(14)17/h2-5,11-13H,6-10H2,1H3. The highest BCUT2D eigenvalue weighted by molar-refractivity contribution is 14.1. The molecule has 2 aliphatic rings. The highest BCUT2D eigenvalue weighted by atomic mass is 127. The molecule has 2 bridgehead atoms. The highest BCUT2D eigenvalue weighted by Crippen LogP contribution is 2.48. The number of carbonyl (C=O) groups excluding carboxylic acids is 1. The van der Waals surface area contributed by atoms with Crippen LogP contribution in [0.2, 0.25) is 0 Å². The summed E-state index contributed by atoms with van der Waals surface area (Å²) in [5.74, 6) is 2.76. The largest absolute Gasteiger partial charge is 0.341 e. The van der Waals surface area contributed by atoms with Gasteiger partial charge in [-0.3, -0.25) is 4.79 Å². The van der Waals surface area contributed by atoms with Gasteiger partial charge in [0.05, 0.1) is 5.56 Å². The molecule has 2 nitrogen and oxygen atoms in total. The van der Waals surface area contributed by atoms with E-state index in [-0.39, 0.29) is 5.91 Å². The number of carbonyl (C=O) groups is 1. The Labute approximate surface area is 128 Å². The van der Waals surface area contributed by atoms with E-state index in [1.54, 1.807) is 0 Å². The molecule has 0 heterocycles. The van der Waals surface area contributed by atoms with Gasteiger partial charge < -0.3 is 4.90 Å². The Balaban J connectivity index is 1.66. The van der Waals surface area contributed by atoms with E-state index < -0.39 is 0 Å². The molecule has 2 fully saturated rings. The van der Waals surface area contributed by atoms with Crippen LogP contribution in [0.4, 0.5) is 0 Å². The third-order valence-electron chi connectivity index (χ3n) is 4.84. The van der Waals surface area contributed by atoms with E-state index in [9.17, 15) is 4.79 Å². The van der Waals surface area contributed by atoms with Gasteiger partial charge in [0.2, 0.25) is 0 Å². The van der Waals surface area contributed by atoms with Crippen molar-refractivity contribution in [2.24, 2.45) is 17.8 Å². The molecule has 1 aromatic rings. The Morgan fingerprint density at radius 2 is 2.11 bits per heavy atom. The number of amides is 1. The number of halogens is 1. The molecule has 0 radical (unpaired) electrons. The topological polar surface area (TPSA) is 20.3 Å². The maximum atomic E-state index is 12.5. The first-order valence-electron chi connectivity index (χ1n) is 7.15. The van der Waals surface area contributed by atoms with Gasteiger partial charge in [-0.2, -0.15) is 0 Å². The zero-order valence-electron chi connectivity index (χ0n) is 11.3. The fourth-order valence-corrected chi connectivity index (χ4v) is 4.49. The summed E-state index contributed by atoms with van der Waals surface area (Å²) in [5.41, 5.74) is 0.841. The van der Waals surface area contributed by atoms with E-state index in [4.69, 9.17) is 0 Å². The minimum Gasteiger partial charge on any atom is -0.341 e. The minimum atomic E-state index is 0.174. The molecule has 2 aliphatic carbocycles. The van der Waals surface area contributed by atoms with Crippen molar-refractivity contribution in [1.29, 1.82) is 0 Å². The van der Waals surface area contributed by atoms with Crippen LogP contribution < -0.4 is 0 Å². The quantitative estimate of drug-likeness (QED) is 0.743. The molecule has 1 aromatic carbocycles. The van der Waals surface area contributed by atoms with Gasteiger partial charge in [-0.25, -0.2) is 0 Å². The number of hydrogen-bond acceptors (Lipinski definition) is 1. The van der Waals surface area contributed by atoms with Crippen molar-refractivity contribution >= 4 is 28.5 Å². The molecular formula is C16H20INO. The van der Waals surface area contributed by atoms with E-state index in [0.29, 0.717) is 0 Å². The van der Waals surface area contributed by atoms with E-state index in [1.807, 2.05) is 36.2 Å². The van der Waals surface area contributed by atoms with Gasteiger partial charge in [-0.15, -0.1) is 0 Å². The van der Waals surface area contributed by atoms with Crippen molar-refractivity contribution < 1.29 is 4.79 Å². The molecule has 3 atom stereocenters. The van der Waals surface area contributed by atoms with Crippen LogP contribution in [0.15, 0.2) is 24.3 Å². The molecule has 3 rings (SSSR count). The maximum Gasteiger partial charge on any atom is 0.254 e. The summed E-state index contributed by atoms with van der Waals surface area (Å²) in [5, 5.41) is 0. The number of fused-ring (bicyclic) bond motifs is 2. The second-order valence-corrected chi connectivity index (χ2v) is 7.26. The van der Waals surface area contributed by atoms with Gasteiger partial charge in [0.1, 0.15) is 0 Å². The van der Waals surface area contributed by atoms with Crippen molar-refractivity contribution in [2.45, 2.75) is 25.7 Å². The second kappa shape index (κ2) is 5.43. The van der Waals surface area contributed by atoms with Gasteiger partial charge >= 0.3 is 0 Å². The molecule has 0 aromatic heterocycles. The Bertz CT molecular complexity index is 487. The Morgan fingerprint density at radius 3 is 2.74 bits per heavy atom. The summed E-state index contributed by atoms with van der Waals surface area (Å²) < 4.78 is 1.05. The van der Waals surface area contributed by atoms with Crippen LogP contribution in [0.5, 0.6) is 0 Å². The molecule has 0 N–H and O–H groups in total. The molecule has 102 valence electrons. The number of rotatable bonds is 3. The van der Waals surface area contributed by atoms with Gasteiger partial charge in [0.15, 0.2) is 0 Å². The number of nitrogens with zero attached hydrogens (tertiary/aromatic N) is 1. The molecule has 3 heteroatoms. The van der Waals surface area contributed by atoms with Crippen LogP contribution in [0.25, 0.3) is 0 Å². The van der Waals surface area contributed by atoms with Crippen LogP contribution in [0.1, 0.15) is 36.0 Å². The van der Waals surface area contributed by atoms with Crippen LogP contribution >= 0.6 is 22.6 Å². The molecule has 1 amide bonds. The second-order valence-electron chi connectivity index (χ2n) is 6.10. The first-order chi connectivity index (χ1) is 9.15. The molecule has 0 saturated heterocycles. The Hall–Kier alpha value is -0.580. The van der Waals surface area contributed by atoms with Crippen molar-refractivity contribution in [1.82, 2.24) is 4.90 Å². The summed E-state index contributed by atoms with van der Waals surface area (Å²) in [6, 6.07) is 7.86. The molecule has 3 unspecified atom stereocenters. The zero-order chi connectivity index (χ0) is 13.4. The molecular weight excluding hydrogens is 349 g/mol. The average molecular weight is 369 g/mol. The zero-order valence-corrected chi connectivity index (χ0v) is 13.5. The fraction of sp³-hybridized carbons (Fsp3) is 0.562. The maximum absolute atomic E-state index is 12.5. The van der Waals surface area contributed by atoms with Gasteiger partial charge in [0.25, 0.3) is 5.91 Å². The first kappa shape index (κ1) is 13.4. The lowest BCUT2D eigenvalue weighted by Crippen LogP contribution is -2.34. The molecule has 0 aliphatic heterocycles. The summed E-state index contributed by atoms with van der Waals surface area (Å²) in [7, 11) is 1.96. The molecule has 2 saturated carbocycles. The van der Waals surface area contributed by atoms with Crippen LogP contribution in [-0.4, -0.2) is 24.4 Å². The summed E-state index contributed by atoms with van der Waals surface area (Å²) in [4.78, 5) is 14.4. The predicted molar refractivity (Wildman–Crippen MR) is 85.1 cm³/mol. The summed E-state index contributed by atoms with van der Waals surface area (Å²) in [6.07, 6.45) is 5.57. The lowest BCUT2D eigenvalue weighted by Gasteiger charge is -2.27. The fourth-order valence-electron chi connectivity index (χ4n) is 3.88. The SMILES string of the molecule is CN(CC1CC2CCC1C2)C(=O)c1ccccc1I. The number of hydrogen-bond donors (Lipinski definition) is 0. The smallest absolute Gasteiger partial charge is 0.254 e. The van der Waals surface area contributed by atoms with Crippen LogP contribution in [0, 0.1) is 21.3 Å². The van der Waals surface area contributed by atoms with E-state index in [2.05, 4.69) is 22.6 Å². The third-order valence-corrected chi connectivity index (χ3v) is 5.78. The van der Waals surface area contributed by atoms with Crippen LogP contribution in [-0.2, 0) is 0 Å². The van der Waals surface area contributed by atoms with Crippen LogP contribution in [0.3, 0.4) is 0 Å².